The Labute approximate surface area is 108 Å². The number of pyridine rings is 1. The van der Waals surface area contributed by atoms with Crippen molar-refractivity contribution < 1.29 is 9.59 Å². The molecule has 2 N–H and O–H groups in total. The van der Waals surface area contributed by atoms with Gasteiger partial charge in [-0.25, -0.2) is 0 Å². The van der Waals surface area contributed by atoms with Crippen molar-refractivity contribution in [2.24, 2.45) is 0 Å². The van der Waals surface area contributed by atoms with Gasteiger partial charge < -0.3 is 10.6 Å². The van der Waals surface area contributed by atoms with Crippen LogP contribution in [0, 0.1) is 0 Å². The van der Waals surface area contributed by atoms with E-state index in [9.17, 15) is 9.59 Å². The normalized spacial score (nSPS) is 9.78. The fourth-order valence-electron chi connectivity index (χ4n) is 1.28. The number of amides is 2. The smallest absolute Gasteiger partial charge is 0.313 e. The van der Waals surface area contributed by atoms with Gasteiger partial charge >= 0.3 is 11.8 Å². The van der Waals surface area contributed by atoms with Crippen molar-refractivity contribution in [1.82, 2.24) is 10.3 Å². The zero-order chi connectivity index (χ0) is 12.8. The highest BCUT2D eigenvalue weighted by atomic mass is 32.1. The summed E-state index contributed by atoms with van der Waals surface area (Å²) in [5, 5.41) is 8.83. The molecular formula is C12H11N3O2S. The molecular weight excluding hydrogens is 250 g/mol. The first kappa shape index (κ1) is 12.3. The Kier molecular flexibility index (Phi) is 4.03. The maximum atomic E-state index is 11.5. The number of hydrogen-bond acceptors (Lipinski definition) is 4. The van der Waals surface area contributed by atoms with Crippen molar-refractivity contribution in [2.75, 3.05) is 5.32 Å². The van der Waals surface area contributed by atoms with E-state index in [4.69, 9.17) is 0 Å². The average molecular weight is 261 g/mol. The second kappa shape index (κ2) is 5.92. The average Bonchev–Trinajstić information content (AvgIpc) is 2.90. The van der Waals surface area contributed by atoms with Crippen LogP contribution in [0.3, 0.4) is 0 Å². The van der Waals surface area contributed by atoms with Gasteiger partial charge in [0.15, 0.2) is 0 Å². The maximum absolute atomic E-state index is 11.5. The van der Waals surface area contributed by atoms with Crippen LogP contribution < -0.4 is 10.6 Å². The summed E-state index contributed by atoms with van der Waals surface area (Å²) >= 11 is 1.54. The summed E-state index contributed by atoms with van der Waals surface area (Å²) in [5.74, 6) is -1.36. The molecule has 0 unspecified atom stereocenters. The SMILES string of the molecule is O=C(NCc1ccsc1)C(=O)Nc1cccnc1. The lowest BCUT2D eigenvalue weighted by molar-refractivity contribution is -0.136. The quantitative estimate of drug-likeness (QED) is 0.820. The molecule has 0 saturated carbocycles. The molecule has 0 fully saturated rings. The number of anilines is 1. The Hall–Kier alpha value is -2.21. The number of aromatic nitrogens is 1. The Morgan fingerprint density at radius 1 is 1.28 bits per heavy atom. The van der Waals surface area contributed by atoms with Gasteiger partial charge in [-0.3, -0.25) is 14.6 Å². The molecule has 0 saturated heterocycles. The number of hydrogen-bond donors (Lipinski definition) is 2. The van der Waals surface area contributed by atoms with Crippen molar-refractivity contribution in [3.63, 3.8) is 0 Å². The lowest BCUT2D eigenvalue weighted by Gasteiger charge is -2.05. The summed E-state index contributed by atoms with van der Waals surface area (Å²) < 4.78 is 0. The van der Waals surface area contributed by atoms with Crippen LogP contribution in [-0.4, -0.2) is 16.8 Å². The molecule has 0 spiro atoms. The van der Waals surface area contributed by atoms with Crippen molar-refractivity contribution in [1.29, 1.82) is 0 Å². The third kappa shape index (κ3) is 3.39. The van der Waals surface area contributed by atoms with Gasteiger partial charge in [-0.1, -0.05) is 0 Å². The summed E-state index contributed by atoms with van der Waals surface area (Å²) in [5.41, 5.74) is 1.47. The second-order valence-electron chi connectivity index (χ2n) is 3.51. The van der Waals surface area contributed by atoms with Gasteiger partial charge in [0.25, 0.3) is 0 Å². The molecule has 2 aromatic heterocycles. The van der Waals surface area contributed by atoms with Crippen molar-refractivity contribution in [2.45, 2.75) is 6.54 Å². The van der Waals surface area contributed by atoms with E-state index >= 15 is 0 Å². The van der Waals surface area contributed by atoms with Gasteiger partial charge in [0.1, 0.15) is 0 Å². The van der Waals surface area contributed by atoms with E-state index in [0.29, 0.717) is 12.2 Å². The van der Waals surface area contributed by atoms with Crippen LogP contribution in [0.2, 0.25) is 0 Å². The molecule has 2 heterocycles. The van der Waals surface area contributed by atoms with Gasteiger partial charge in [0, 0.05) is 12.7 Å². The molecule has 5 nitrogen and oxygen atoms in total. The predicted molar refractivity (Wildman–Crippen MR) is 69.0 cm³/mol. The molecule has 2 amide bonds. The molecule has 0 radical (unpaired) electrons. The minimum absolute atomic E-state index is 0.350. The first-order valence-electron chi connectivity index (χ1n) is 5.26. The molecule has 0 aliphatic rings. The van der Waals surface area contributed by atoms with Gasteiger partial charge in [-0.2, -0.15) is 11.3 Å². The Balaban J connectivity index is 1.84. The maximum Gasteiger partial charge on any atom is 0.313 e. The van der Waals surface area contributed by atoms with Gasteiger partial charge in [0.05, 0.1) is 11.9 Å². The number of nitrogens with one attached hydrogen (secondary N) is 2. The largest absolute Gasteiger partial charge is 0.344 e. The lowest BCUT2D eigenvalue weighted by Crippen LogP contribution is -2.34. The topological polar surface area (TPSA) is 71.1 Å². The number of carbonyl (C=O) groups is 2. The first-order valence-corrected chi connectivity index (χ1v) is 6.20. The highest BCUT2D eigenvalue weighted by Crippen LogP contribution is 2.05. The highest BCUT2D eigenvalue weighted by molar-refractivity contribution is 7.07. The molecule has 2 rings (SSSR count). The summed E-state index contributed by atoms with van der Waals surface area (Å²) in [7, 11) is 0. The Bertz CT molecular complexity index is 526. The highest BCUT2D eigenvalue weighted by Gasteiger charge is 2.13. The predicted octanol–water partition coefficient (Wildman–Crippen LogP) is 1.40. The zero-order valence-electron chi connectivity index (χ0n) is 9.42. The van der Waals surface area contributed by atoms with E-state index in [2.05, 4.69) is 15.6 Å². The summed E-state index contributed by atoms with van der Waals surface area (Å²) in [6.45, 7) is 0.350. The molecule has 0 atom stereocenters. The standard InChI is InChI=1S/C12H11N3O2S/c16-11(14-6-9-3-5-18-8-9)12(17)15-10-2-1-4-13-7-10/h1-5,7-8H,6H2,(H,14,16)(H,15,17). The fraction of sp³-hybridized carbons (Fsp3) is 0.0833. The van der Waals surface area contributed by atoms with E-state index in [1.54, 1.807) is 29.7 Å². The van der Waals surface area contributed by atoms with E-state index in [1.807, 2.05) is 16.8 Å². The number of carbonyl (C=O) groups excluding carboxylic acids is 2. The third-order valence-electron chi connectivity index (χ3n) is 2.16. The molecule has 0 aliphatic heterocycles. The van der Waals surface area contributed by atoms with Crippen LogP contribution in [0.25, 0.3) is 0 Å². The minimum Gasteiger partial charge on any atom is -0.344 e. The van der Waals surface area contributed by atoms with Crippen LogP contribution in [0.4, 0.5) is 5.69 Å². The first-order chi connectivity index (χ1) is 8.75. The molecule has 0 bridgehead atoms. The Morgan fingerprint density at radius 3 is 2.83 bits per heavy atom. The van der Waals surface area contributed by atoms with Crippen LogP contribution in [0.5, 0.6) is 0 Å². The van der Waals surface area contributed by atoms with Crippen LogP contribution in [0.15, 0.2) is 41.4 Å². The molecule has 0 aromatic carbocycles. The van der Waals surface area contributed by atoms with Gasteiger partial charge in [-0.05, 0) is 34.5 Å². The third-order valence-corrected chi connectivity index (χ3v) is 2.89. The second-order valence-corrected chi connectivity index (χ2v) is 4.29. The van der Waals surface area contributed by atoms with Gasteiger partial charge in [0.2, 0.25) is 0 Å². The summed E-state index contributed by atoms with van der Waals surface area (Å²) in [6.07, 6.45) is 3.07. The molecule has 92 valence electrons. The van der Waals surface area contributed by atoms with Crippen LogP contribution in [-0.2, 0) is 16.1 Å². The lowest BCUT2D eigenvalue weighted by atomic mass is 10.3. The van der Waals surface area contributed by atoms with E-state index in [-0.39, 0.29) is 0 Å². The van der Waals surface area contributed by atoms with E-state index < -0.39 is 11.8 Å². The fourth-order valence-corrected chi connectivity index (χ4v) is 1.95. The van der Waals surface area contributed by atoms with Crippen molar-refractivity contribution >= 4 is 28.8 Å². The van der Waals surface area contributed by atoms with E-state index in [0.717, 1.165) is 5.56 Å². The molecule has 2 aromatic rings. The molecule has 6 heteroatoms. The zero-order valence-corrected chi connectivity index (χ0v) is 10.2. The number of rotatable bonds is 3. The Morgan fingerprint density at radius 2 is 2.17 bits per heavy atom. The monoisotopic (exact) mass is 261 g/mol. The molecule has 18 heavy (non-hydrogen) atoms. The number of thiophene rings is 1. The van der Waals surface area contributed by atoms with E-state index in [1.165, 1.54) is 6.20 Å². The summed E-state index contributed by atoms with van der Waals surface area (Å²) in [6, 6.07) is 5.24. The van der Waals surface area contributed by atoms with Crippen molar-refractivity contribution in [3.05, 3.63) is 46.9 Å². The van der Waals surface area contributed by atoms with Crippen molar-refractivity contribution in [3.8, 4) is 0 Å². The summed E-state index contributed by atoms with van der Waals surface area (Å²) in [4.78, 5) is 26.9. The molecule has 0 aliphatic carbocycles. The van der Waals surface area contributed by atoms with Crippen LogP contribution in [0.1, 0.15) is 5.56 Å². The minimum atomic E-state index is -0.696. The number of nitrogens with zero attached hydrogens (tertiary/aromatic N) is 1. The van der Waals surface area contributed by atoms with Gasteiger partial charge in [-0.15, -0.1) is 0 Å². The van der Waals surface area contributed by atoms with Crippen LogP contribution >= 0.6 is 11.3 Å².